The van der Waals surface area contributed by atoms with Crippen molar-refractivity contribution in [3.63, 3.8) is 0 Å². The fraction of sp³-hybridized carbons (Fsp3) is 0.700. The smallest absolute Gasteiger partial charge is 0.169 e. The standard InChI is InChI=1S/C20H25ClO3/c1-20-7-6-12-13(15(20)4-5-16(20)19(24)10-21)3-2-11-8-17(22)18(23)9-14(11)12/h8,13,15-17,22H,2-7,9-10H2,1H3/t13-,15+,16-,17?,20+/m1/s1. The van der Waals surface area contributed by atoms with Gasteiger partial charge in [-0.15, -0.1) is 11.6 Å². The highest BCUT2D eigenvalue weighted by Crippen LogP contribution is 2.62. The summed E-state index contributed by atoms with van der Waals surface area (Å²) in [4.78, 5) is 24.3. The molecule has 5 atom stereocenters. The van der Waals surface area contributed by atoms with E-state index in [-0.39, 0.29) is 28.8 Å². The Balaban J connectivity index is 1.69. The molecule has 0 amide bonds. The van der Waals surface area contributed by atoms with Gasteiger partial charge in [0.05, 0.1) is 5.88 Å². The first-order valence-electron chi connectivity index (χ1n) is 9.18. The van der Waals surface area contributed by atoms with Crippen LogP contribution in [0.4, 0.5) is 0 Å². The zero-order valence-corrected chi connectivity index (χ0v) is 14.9. The largest absolute Gasteiger partial charge is 0.381 e. The summed E-state index contributed by atoms with van der Waals surface area (Å²) < 4.78 is 0. The van der Waals surface area contributed by atoms with Gasteiger partial charge in [0.1, 0.15) is 6.10 Å². The number of ketones is 2. The molecule has 1 N–H and O–H groups in total. The minimum atomic E-state index is -0.910. The Morgan fingerprint density at radius 1 is 1.33 bits per heavy atom. The predicted octanol–water partition coefficient (Wildman–Crippen LogP) is 3.59. The molecule has 4 aliphatic rings. The summed E-state index contributed by atoms with van der Waals surface area (Å²) in [7, 11) is 0. The van der Waals surface area contributed by atoms with Crippen molar-refractivity contribution in [1.29, 1.82) is 0 Å². The van der Waals surface area contributed by atoms with Crippen molar-refractivity contribution in [2.45, 2.75) is 58.0 Å². The van der Waals surface area contributed by atoms with E-state index in [1.165, 1.54) is 16.7 Å². The summed E-state index contributed by atoms with van der Waals surface area (Å²) in [6.07, 6.45) is 7.37. The quantitative estimate of drug-likeness (QED) is 0.776. The van der Waals surface area contributed by atoms with Crippen LogP contribution in [0.2, 0.25) is 0 Å². The normalized spacial score (nSPS) is 41.5. The lowest BCUT2D eigenvalue weighted by Crippen LogP contribution is -2.42. The molecule has 0 heterocycles. The molecule has 4 aliphatic carbocycles. The number of aliphatic hydroxyl groups excluding tert-OH is 1. The van der Waals surface area contributed by atoms with Gasteiger partial charge in [0.15, 0.2) is 11.6 Å². The Labute approximate surface area is 148 Å². The minimum absolute atomic E-state index is 0.0696. The van der Waals surface area contributed by atoms with Crippen molar-refractivity contribution in [1.82, 2.24) is 0 Å². The van der Waals surface area contributed by atoms with Crippen molar-refractivity contribution in [3.05, 3.63) is 22.8 Å². The number of fused-ring (bicyclic) bond motifs is 4. The number of hydrogen-bond donors (Lipinski definition) is 1. The summed E-state index contributed by atoms with van der Waals surface area (Å²) >= 11 is 5.86. The second kappa shape index (κ2) is 5.81. The number of carbonyl (C=O) groups excluding carboxylic acids is 2. The maximum absolute atomic E-state index is 12.3. The van der Waals surface area contributed by atoms with E-state index in [1.54, 1.807) is 6.08 Å². The number of Topliss-reactive ketones (excluding diaryl/α,β-unsaturated/α-hetero) is 2. The van der Waals surface area contributed by atoms with E-state index < -0.39 is 6.10 Å². The third-order valence-corrected chi connectivity index (χ3v) is 7.60. The number of alkyl halides is 1. The summed E-state index contributed by atoms with van der Waals surface area (Å²) in [6, 6.07) is 0. The van der Waals surface area contributed by atoms with Gasteiger partial charge < -0.3 is 5.11 Å². The highest BCUT2D eigenvalue weighted by Gasteiger charge is 2.55. The van der Waals surface area contributed by atoms with Crippen LogP contribution >= 0.6 is 11.6 Å². The third kappa shape index (κ3) is 2.28. The highest BCUT2D eigenvalue weighted by molar-refractivity contribution is 6.28. The number of aliphatic hydroxyl groups is 1. The molecular formula is C20H25ClO3. The van der Waals surface area contributed by atoms with E-state index in [4.69, 9.17) is 11.6 Å². The Bertz CT molecular complexity index is 662. The minimum Gasteiger partial charge on any atom is -0.381 e. The van der Waals surface area contributed by atoms with E-state index in [1.807, 2.05) is 0 Å². The maximum Gasteiger partial charge on any atom is 0.169 e. The van der Waals surface area contributed by atoms with Gasteiger partial charge >= 0.3 is 0 Å². The summed E-state index contributed by atoms with van der Waals surface area (Å²) in [5.74, 6) is 1.42. The highest BCUT2D eigenvalue weighted by atomic mass is 35.5. The topological polar surface area (TPSA) is 54.4 Å². The van der Waals surface area contributed by atoms with E-state index >= 15 is 0 Å². The summed E-state index contributed by atoms with van der Waals surface area (Å²) in [5, 5.41) is 9.83. The van der Waals surface area contributed by atoms with Crippen LogP contribution in [0.25, 0.3) is 0 Å². The molecule has 1 unspecified atom stereocenters. The van der Waals surface area contributed by atoms with E-state index in [0.29, 0.717) is 18.3 Å². The molecule has 130 valence electrons. The lowest BCUT2D eigenvalue weighted by Gasteiger charge is -2.49. The number of halogens is 1. The molecule has 4 rings (SSSR count). The molecule has 0 radical (unpaired) electrons. The van der Waals surface area contributed by atoms with Crippen LogP contribution in [-0.4, -0.2) is 28.7 Å². The van der Waals surface area contributed by atoms with Gasteiger partial charge in [0.2, 0.25) is 0 Å². The summed E-state index contributed by atoms with van der Waals surface area (Å²) in [6.45, 7) is 2.29. The molecule has 2 saturated carbocycles. The number of rotatable bonds is 2. The van der Waals surface area contributed by atoms with Gasteiger partial charge in [-0.2, -0.15) is 0 Å². The molecule has 0 aromatic rings. The molecule has 3 nitrogen and oxygen atoms in total. The molecule has 2 fully saturated rings. The molecule has 0 bridgehead atoms. The van der Waals surface area contributed by atoms with Crippen molar-refractivity contribution < 1.29 is 14.7 Å². The Kier molecular flexibility index (Phi) is 4.00. The van der Waals surface area contributed by atoms with Gasteiger partial charge in [-0.1, -0.05) is 12.5 Å². The van der Waals surface area contributed by atoms with Crippen molar-refractivity contribution >= 4 is 23.2 Å². The Hall–Kier alpha value is -0.930. The monoisotopic (exact) mass is 348 g/mol. The average molecular weight is 349 g/mol. The molecule has 0 spiro atoms. The van der Waals surface area contributed by atoms with Crippen LogP contribution in [0.1, 0.15) is 51.9 Å². The Morgan fingerprint density at radius 3 is 2.88 bits per heavy atom. The van der Waals surface area contributed by atoms with Crippen molar-refractivity contribution in [2.24, 2.45) is 23.2 Å². The lowest BCUT2D eigenvalue weighted by molar-refractivity contribution is -0.125. The van der Waals surface area contributed by atoms with Crippen molar-refractivity contribution in [2.75, 3.05) is 5.88 Å². The van der Waals surface area contributed by atoms with E-state index in [0.717, 1.165) is 38.5 Å². The number of hydrogen-bond acceptors (Lipinski definition) is 3. The first-order valence-corrected chi connectivity index (χ1v) is 9.71. The second-order valence-corrected chi connectivity index (χ2v) is 8.54. The van der Waals surface area contributed by atoms with Crippen molar-refractivity contribution in [3.8, 4) is 0 Å². The van der Waals surface area contributed by atoms with Crippen LogP contribution in [0.3, 0.4) is 0 Å². The Morgan fingerprint density at radius 2 is 2.12 bits per heavy atom. The van der Waals surface area contributed by atoms with Gasteiger partial charge in [-0.3, -0.25) is 9.59 Å². The zero-order chi connectivity index (χ0) is 17.1. The third-order valence-electron chi connectivity index (χ3n) is 7.34. The van der Waals surface area contributed by atoms with E-state index in [9.17, 15) is 14.7 Å². The van der Waals surface area contributed by atoms with Gasteiger partial charge in [-0.25, -0.2) is 0 Å². The SMILES string of the molecule is C[C@]12CCC3=C4CC(=O)C(O)C=C4CC[C@H]3[C@@H]1CC[C@@H]2C(=O)CCl. The van der Waals surface area contributed by atoms with Crippen LogP contribution in [0.5, 0.6) is 0 Å². The van der Waals surface area contributed by atoms with Gasteiger partial charge in [0, 0.05) is 12.3 Å². The molecule has 0 aromatic carbocycles. The van der Waals surface area contributed by atoms with Crippen LogP contribution in [0, 0.1) is 23.2 Å². The fourth-order valence-corrected chi connectivity index (χ4v) is 6.32. The van der Waals surface area contributed by atoms with Crippen LogP contribution < -0.4 is 0 Å². The lowest BCUT2D eigenvalue weighted by atomic mass is 9.55. The zero-order valence-electron chi connectivity index (χ0n) is 14.2. The van der Waals surface area contributed by atoms with Crippen LogP contribution in [0.15, 0.2) is 22.8 Å². The van der Waals surface area contributed by atoms with E-state index in [2.05, 4.69) is 6.92 Å². The molecule has 24 heavy (non-hydrogen) atoms. The fourth-order valence-electron chi connectivity index (χ4n) is 6.13. The average Bonchev–Trinajstić information content (AvgIpc) is 2.92. The maximum atomic E-state index is 12.3. The van der Waals surface area contributed by atoms with Gasteiger partial charge in [0.25, 0.3) is 0 Å². The number of carbonyl (C=O) groups is 2. The number of allylic oxidation sites excluding steroid dienone is 3. The molecule has 0 aromatic heterocycles. The molecular weight excluding hydrogens is 324 g/mol. The molecule has 0 aliphatic heterocycles. The summed E-state index contributed by atoms with van der Waals surface area (Å²) in [5.41, 5.74) is 3.94. The molecule has 4 heteroatoms. The first-order chi connectivity index (χ1) is 11.5. The first kappa shape index (κ1) is 16.5. The molecule has 0 saturated heterocycles. The second-order valence-electron chi connectivity index (χ2n) is 8.27. The van der Waals surface area contributed by atoms with Gasteiger partial charge in [-0.05, 0) is 73.0 Å². The predicted molar refractivity (Wildman–Crippen MR) is 92.7 cm³/mol. The van der Waals surface area contributed by atoms with Crippen LogP contribution in [-0.2, 0) is 9.59 Å².